The van der Waals surface area contributed by atoms with Crippen LogP contribution in [0.1, 0.15) is 0 Å². The lowest BCUT2D eigenvalue weighted by molar-refractivity contribution is 0.553. The van der Waals surface area contributed by atoms with Gasteiger partial charge < -0.3 is 0 Å². The highest BCUT2D eigenvalue weighted by Crippen LogP contribution is 1.92. The Morgan fingerprint density at radius 1 is 1.33 bits per heavy atom. The van der Waals surface area contributed by atoms with Gasteiger partial charge >= 0.3 is 0 Å². The van der Waals surface area contributed by atoms with Gasteiger partial charge in [-0.2, -0.15) is 9.98 Å². The summed E-state index contributed by atoms with van der Waals surface area (Å²) >= 11 is 5.18. The van der Waals surface area contributed by atoms with Crippen LogP contribution in [0.2, 0.25) is 0 Å². The summed E-state index contributed by atoms with van der Waals surface area (Å²) < 4.78 is 0. The molecule has 0 amide bonds. The Bertz CT molecular complexity index is 151. The molecule has 0 saturated carbocycles. The minimum Gasteiger partial charge on any atom is -0.211 e. The highest BCUT2D eigenvalue weighted by molar-refractivity contribution is 6.18. The zero-order chi connectivity index (χ0) is 7.11. The van der Waals surface area contributed by atoms with Gasteiger partial charge in [0.15, 0.2) is 6.17 Å². The molecule has 0 radical (unpaired) electrons. The van der Waals surface area contributed by atoms with Crippen LogP contribution in [-0.4, -0.2) is 24.2 Å². The third kappa shape index (κ3) is 3.62. The van der Waals surface area contributed by atoms with Crippen LogP contribution in [0.3, 0.4) is 0 Å². The molecule has 0 aliphatic carbocycles. The van der Waals surface area contributed by atoms with Crippen LogP contribution in [-0.2, 0) is 9.59 Å². The summed E-state index contributed by atoms with van der Waals surface area (Å²) in [6, 6.07) is 0. The molecular weight excluding hydrogens is 144 g/mol. The molecule has 5 heteroatoms. The molecule has 0 bridgehead atoms. The van der Waals surface area contributed by atoms with E-state index in [0.29, 0.717) is 0 Å². The number of halogens is 1. The molecule has 48 valence electrons. The lowest BCUT2D eigenvalue weighted by atomic mass is 10.6. The van der Waals surface area contributed by atoms with Crippen LogP contribution < -0.4 is 0 Å². The van der Waals surface area contributed by atoms with Gasteiger partial charge in [-0.05, 0) is 0 Å². The fourth-order valence-corrected chi connectivity index (χ4v) is 0.358. The normalized spacial score (nSPS) is 10.8. The first-order valence-corrected chi connectivity index (χ1v) is 2.58. The minimum absolute atomic E-state index is 0.00944. The monoisotopic (exact) mass is 146 g/mol. The molecule has 0 aliphatic rings. The van der Waals surface area contributed by atoms with Crippen molar-refractivity contribution in [3.05, 3.63) is 0 Å². The Kier molecular flexibility index (Phi) is 4.64. The lowest BCUT2D eigenvalue weighted by Gasteiger charge is -1.90. The van der Waals surface area contributed by atoms with Crippen molar-refractivity contribution in [1.29, 1.82) is 0 Å². The summed E-state index contributed by atoms with van der Waals surface area (Å²) in [6.07, 6.45) is 1.62. The van der Waals surface area contributed by atoms with Gasteiger partial charge in [0, 0.05) is 0 Å². The van der Waals surface area contributed by atoms with E-state index in [0.717, 1.165) is 0 Å². The number of hydrogen-bond donors (Lipinski definition) is 0. The maximum Gasteiger partial charge on any atom is 0.237 e. The lowest BCUT2D eigenvalue weighted by Crippen LogP contribution is -2.00. The summed E-state index contributed by atoms with van der Waals surface area (Å²) in [7, 11) is 0. The number of aliphatic imine (C=N–C) groups is 2. The molecule has 0 aromatic carbocycles. The van der Waals surface area contributed by atoms with Crippen LogP contribution in [0, 0.1) is 0 Å². The minimum atomic E-state index is -0.818. The van der Waals surface area contributed by atoms with Gasteiger partial charge in [0.25, 0.3) is 0 Å². The maximum atomic E-state index is 9.51. The van der Waals surface area contributed by atoms with E-state index < -0.39 is 6.17 Å². The molecule has 0 rings (SSSR count). The standard InChI is InChI=1S/C4H3ClN2O2/c5-1-4(6-2-8)7-3-9/h4H,1H2. The molecule has 4 nitrogen and oxygen atoms in total. The number of hydrogen-bond acceptors (Lipinski definition) is 4. The van der Waals surface area contributed by atoms with E-state index in [1.54, 1.807) is 0 Å². The van der Waals surface area contributed by atoms with E-state index in [4.69, 9.17) is 11.6 Å². The molecule has 0 atom stereocenters. The number of isocyanates is 2. The van der Waals surface area contributed by atoms with Crippen LogP contribution in [0.4, 0.5) is 0 Å². The molecule has 0 aliphatic heterocycles. The molecule has 0 fully saturated rings. The first kappa shape index (κ1) is 8.05. The highest BCUT2D eigenvalue weighted by Gasteiger charge is 1.98. The predicted octanol–water partition coefficient (Wildman–Crippen LogP) is 0.223. The van der Waals surface area contributed by atoms with Gasteiger partial charge in [0.2, 0.25) is 12.2 Å². The van der Waals surface area contributed by atoms with Crippen LogP contribution in [0.25, 0.3) is 0 Å². The Balaban J connectivity index is 3.97. The average Bonchev–Trinajstić information content (AvgIpc) is 1.88. The Morgan fingerprint density at radius 2 is 1.78 bits per heavy atom. The van der Waals surface area contributed by atoms with Crippen molar-refractivity contribution >= 4 is 23.8 Å². The van der Waals surface area contributed by atoms with Crippen molar-refractivity contribution in [2.24, 2.45) is 9.98 Å². The smallest absolute Gasteiger partial charge is 0.211 e. The summed E-state index contributed by atoms with van der Waals surface area (Å²) in [4.78, 5) is 25.1. The third-order valence-electron chi connectivity index (χ3n) is 0.541. The highest BCUT2D eigenvalue weighted by atomic mass is 35.5. The van der Waals surface area contributed by atoms with Crippen molar-refractivity contribution in [2.75, 3.05) is 5.88 Å². The van der Waals surface area contributed by atoms with Gasteiger partial charge in [-0.25, -0.2) is 9.59 Å². The Morgan fingerprint density at radius 3 is 2.00 bits per heavy atom. The van der Waals surface area contributed by atoms with Gasteiger partial charge in [0.1, 0.15) is 0 Å². The first-order chi connectivity index (χ1) is 4.35. The summed E-state index contributed by atoms with van der Waals surface area (Å²) in [5, 5.41) is 0. The fourth-order valence-electron chi connectivity index (χ4n) is 0.220. The molecule has 0 N–H and O–H groups in total. The number of carbonyl (C=O) groups excluding carboxylic acids is 2. The second kappa shape index (κ2) is 5.19. The van der Waals surface area contributed by atoms with Crippen molar-refractivity contribution < 1.29 is 9.59 Å². The topological polar surface area (TPSA) is 58.9 Å². The van der Waals surface area contributed by atoms with E-state index >= 15 is 0 Å². The maximum absolute atomic E-state index is 9.51. The van der Waals surface area contributed by atoms with Gasteiger partial charge in [-0.3, -0.25) is 0 Å². The average molecular weight is 147 g/mol. The predicted molar refractivity (Wildman–Crippen MR) is 30.8 cm³/mol. The first-order valence-electron chi connectivity index (χ1n) is 2.05. The zero-order valence-corrected chi connectivity index (χ0v) is 5.13. The number of rotatable bonds is 3. The van der Waals surface area contributed by atoms with Gasteiger partial charge in [-0.1, -0.05) is 0 Å². The SMILES string of the molecule is O=C=NC(CCl)N=C=O. The molecule has 0 unspecified atom stereocenters. The molecule has 0 heterocycles. The largest absolute Gasteiger partial charge is 0.237 e. The van der Waals surface area contributed by atoms with E-state index in [9.17, 15) is 9.59 Å². The summed E-state index contributed by atoms with van der Waals surface area (Å²) in [5.41, 5.74) is 0. The second-order valence-electron chi connectivity index (χ2n) is 1.08. The van der Waals surface area contributed by atoms with Gasteiger partial charge in [-0.15, -0.1) is 11.6 Å². The van der Waals surface area contributed by atoms with Crippen LogP contribution in [0.15, 0.2) is 9.98 Å². The molecule has 0 saturated heterocycles. The number of alkyl halides is 1. The van der Waals surface area contributed by atoms with Crippen LogP contribution >= 0.6 is 11.6 Å². The third-order valence-corrected chi connectivity index (χ3v) is 0.817. The second-order valence-corrected chi connectivity index (χ2v) is 1.38. The van der Waals surface area contributed by atoms with Crippen molar-refractivity contribution in [3.63, 3.8) is 0 Å². The molecule has 0 aromatic heterocycles. The molecular formula is C4H3ClN2O2. The Hall–Kier alpha value is -0.950. The summed E-state index contributed by atoms with van der Waals surface area (Å²) in [5.74, 6) is -0.00944. The van der Waals surface area contributed by atoms with Crippen molar-refractivity contribution in [1.82, 2.24) is 0 Å². The van der Waals surface area contributed by atoms with Crippen molar-refractivity contribution in [2.45, 2.75) is 6.17 Å². The fraction of sp³-hybridized carbons (Fsp3) is 0.500. The molecule has 0 aromatic rings. The molecule has 9 heavy (non-hydrogen) atoms. The van der Waals surface area contributed by atoms with E-state index in [-0.39, 0.29) is 5.88 Å². The summed E-state index contributed by atoms with van der Waals surface area (Å²) in [6.45, 7) is 0. The zero-order valence-electron chi connectivity index (χ0n) is 4.37. The quantitative estimate of drug-likeness (QED) is 0.325. The van der Waals surface area contributed by atoms with E-state index in [1.807, 2.05) is 0 Å². The Labute approximate surface area is 56.3 Å². The van der Waals surface area contributed by atoms with Gasteiger partial charge in [0.05, 0.1) is 5.88 Å². The van der Waals surface area contributed by atoms with E-state index in [1.165, 1.54) is 12.2 Å². The van der Waals surface area contributed by atoms with Crippen molar-refractivity contribution in [3.8, 4) is 0 Å². The molecule has 0 spiro atoms. The number of nitrogens with zero attached hydrogens (tertiary/aromatic N) is 2. The van der Waals surface area contributed by atoms with Crippen LogP contribution in [0.5, 0.6) is 0 Å². The van der Waals surface area contributed by atoms with E-state index in [2.05, 4.69) is 9.98 Å².